The van der Waals surface area contributed by atoms with Gasteiger partial charge in [-0.15, -0.1) is 0 Å². The highest BCUT2D eigenvalue weighted by Crippen LogP contribution is 2.15. The molecular formula is C14H18IN3+2. The minimum Gasteiger partial charge on any atom is -0.330 e. The third-order valence-corrected chi connectivity index (χ3v) is 3.66. The summed E-state index contributed by atoms with van der Waals surface area (Å²) in [6.07, 6.45) is 9.47. The van der Waals surface area contributed by atoms with Crippen LogP contribution in [-0.2, 0) is 11.1 Å². The van der Waals surface area contributed by atoms with Crippen LogP contribution in [0.1, 0.15) is 6.42 Å². The average molecular weight is 355 g/mol. The second-order valence-electron chi connectivity index (χ2n) is 4.19. The molecule has 2 aromatic heterocycles. The first kappa shape index (κ1) is 13.4. The molecule has 0 amide bonds. The molecular weight excluding hydrogens is 337 g/mol. The molecule has 0 saturated heterocycles. The van der Waals surface area contributed by atoms with Crippen molar-refractivity contribution in [3.8, 4) is 11.1 Å². The molecule has 0 saturated carbocycles. The molecule has 0 aliphatic heterocycles. The van der Waals surface area contributed by atoms with E-state index in [1.807, 2.05) is 0 Å². The third kappa shape index (κ3) is 3.49. The first-order valence-corrected chi connectivity index (χ1v) is 7.60. The van der Waals surface area contributed by atoms with Gasteiger partial charge in [0, 0.05) is 30.7 Å². The predicted molar refractivity (Wildman–Crippen MR) is 80.0 cm³/mol. The second-order valence-corrected chi connectivity index (χ2v) is 4.87. The molecule has 0 spiro atoms. The average Bonchev–Trinajstić information content (AvgIpc) is 2.46. The SMILES string of the molecule is NCCC[n+]1ccc(-c2cc[n+](CI)cc2)cc1. The molecule has 0 fully saturated rings. The molecule has 94 valence electrons. The fourth-order valence-electron chi connectivity index (χ4n) is 1.80. The number of halogens is 1. The molecule has 3 nitrogen and oxygen atoms in total. The van der Waals surface area contributed by atoms with E-state index < -0.39 is 0 Å². The normalized spacial score (nSPS) is 10.6. The van der Waals surface area contributed by atoms with Crippen LogP contribution in [0.3, 0.4) is 0 Å². The third-order valence-electron chi connectivity index (χ3n) is 2.87. The minimum atomic E-state index is 0.740. The number of nitrogens with two attached hydrogens (primary N) is 1. The Labute approximate surface area is 121 Å². The Morgan fingerprint density at radius 1 is 0.889 bits per heavy atom. The maximum absolute atomic E-state index is 5.51. The van der Waals surface area contributed by atoms with Crippen LogP contribution < -0.4 is 14.9 Å². The van der Waals surface area contributed by atoms with Crippen molar-refractivity contribution in [2.24, 2.45) is 5.73 Å². The van der Waals surface area contributed by atoms with Crippen molar-refractivity contribution in [3.63, 3.8) is 0 Å². The van der Waals surface area contributed by atoms with Crippen LogP contribution >= 0.6 is 22.6 Å². The molecule has 2 heterocycles. The molecule has 2 N–H and O–H groups in total. The summed E-state index contributed by atoms with van der Waals surface area (Å²) in [5.41, 5.74) is 8.01. The minimum absolute atomic E-state index is 0.740. The van der Waals surface area contributed by atoms with Crippen molar-refractivity contribution in [3.05, 3.63) is 49.1 Å². The zero-order valence-electron chi connectivity index (χ0n) is 10.3. The topological polar surface area (TPSA) is 33.8 Å². The Balaban J connectivity index is 2.12. The summed E-state index contributed by atoms with van der Waals surface area (Å²) in [6, 6.07) is 8.61. The first-order valence-electron chi connectivity index (χ1n) is 6.08. The number of pyridine rings is 2. The van der Waals surface area contributed by atoms with Gasteiger partial charge in [0.25, 0.3) is 0 Å². The highest BCUT2D eigenvalue weighted by atomic mass is 127. The Hall–Kier alpha value is -1.01. The maximum atomic E-state index is 5.51. The van der Waals surface area contributed by atoms with E-state index in [1.165, 1.54) is 11.1 Å². The van der Waals surface area contributed by atoms with Gasteiger partial charge >= 0.3 is 0 Å². The Morgan fingerprint density at radius 2 is 1.39 bits per heavy atom. The van der Waals surface area contributed by atoms with Gasteiger partial charge in [0.05, 0.1) is 0 Å². The van der Waals surface area contributed by atoms with E-state index in [2.05, 4.69) is 80.8 Å². The van der Waals surface area contributed by atoms with Gasteiger partial charge in [-0.05, 0) is 40.3 Å². The van der Waals surface area contributed by atoms with Crippen molar-refractivity contribution < 1.29 is 9.13 Å². The molecule has 0 aromatic carbocycles. The number of alkyl halides is 1. The zero-order valence-corrected chi connectivity index (χ0v) is 12.5. The number of hydrogen-bond acceptors (Lipinski definition) is 1. The number of hydrogen-bond donors (Lipinski definition) is 1. The molecule has 2 aromatic rings. The molecule has 0 aliphatic rings. The quantitative estimate of drug-likeness (QED) is 0.494. The standard InChI is InChI=1S/C14H18IN3/c15-12-18-10-4-14(5-11-18)13-2-8-17(9-3-13)7-1-6-16/h2-5,8-11H,1,6-7,12,16H2/q+2. The summed E-state index contributed by atoms with van der Waals surface area (Å²) >= 11 is 2.35. The summed E-state index contributed by atoms with van der Waals surface area (Å²) < 4.78 is 5.30. The number of aromatic nitrogens is 2. The lowest BCUT2D eigenvalue weighted by molar-refractivity contribution is -0.697. The van der Waals surface area contributed by atoms with E-state index in [0.29, 0.717) is 0 Å². The number of nitrogens with zero attached hydrogens (tertiary/aromatic N) is 2. The van der Waals surface area contributed by atoms with Crippen molar-refractivity contribution in [1.82, 2.24) is 0 Å². The molecule has 0 unspecified atom stereocenters. The zero-order chi connectivity index (χ0) is 12.8. The van der Waals surface area contributed by atoms with Crippen LogP contribution in [0.15, 0.2) is 49.1 Å². The fourth-order valence-corrected chi connectivity index (χ4v) is 2.26. The van der Waals surface area contributed by atoms with E-state index in [1.54, 1.807) is 0 Å². The lowest BCUT2D eigenvalue weighted by atomic mass is 10.1. The predicted octanol–water partition coefficient (Wildman–Crippen LogP) is 1.67. The maximum Gasteiger partial charge on any atom is 0.197 e. The Bertz CT molecular complexity index is 479. The van der Waals surface area contributed by atoms with E-state index in [4.69, 9.17) is 5.73 Å². The summed E-state index contributed by atoms with van der Waals surface area (Å²) in [6.45, 7) is 1.73. The number of aryl methyl sites for hydroxylation is 1. The van der Waals surface area contributed by atoms with Crippen LogP contribution in [0, 0.1) is 0 Å². The van der Waals surface area contributed by atoms with E-state index >= 15 is 0 Å². The van der Waals surface area contributed by atoms with Gasteiger partial charge in [-0.25, -0.2) is 4.57 Å². The lowest BCUT2D eigenvalue weighted by Crippen LogP contribution is -2.33. The number of rotatable bonds is 5. The molecule has 0 aliphatic carbocycles. The highest BCUT2D eigenvalue weighted by molar-refractivity contribution is 14.1. The molecule has 18 heavy (non-hydrogen) atoms. The smallest absolute Gasteiger partial charge is 0.197 e. The van der Waals surface area contributed by atoms with E-state index in [9.17, 15) is 0 Å². The van der Waals surface area contributed by atoms with Crippen LogP contribution in [0.5, 0.6) is 0 Å². The highest BCUT2D eigenvalue weighted by Gasteiger charge is 2.04. The van der Waals surface area contributed by atoms with Gasteiger partial charge in [-0.3, -0.25) is 0 Å². The van der Waals surface area contributed by atoms with Crippen molar-refractivity contribution in [1.29, 1.82) is 0 Å². The summed E-state index contributed by atoms with van der Waals surface area (Å²) in [7, 11) is 0. The van der Waals surface area contributed by atoms with Gasteiger partial charge < -0.3 is 5.73 Å². The van der Waals surface area contributed by atoms with Gasteiger partial charge in [0.2, 0.25) is 0 Å². The second kappa shape index (κ2) is 6.80. The van der Waals surface area contributed by atoms with Crippen LogP contribution in [0.2, 0.25) is 0 Å². The van der Waals surface area contributed by atoms with Crippen LogP contribution in [0.25, 0.3) is 11.1 Å². The van der Waals surface area contributed by atoms with Gasteiger partial charge in [-0.2, -0.15) is 4.57 Å². The molecule has 0 bridgehead atoms. The lowest BCUT2D eigenvalue weighted by Gasteiger charge is -2.00. The summed E-state index contributed by atoms with van der Waals surface area (Å²) in [5, 5.41) is 0. The molecule has 0 radical (unpaired) electrons. The van der Waals surface area contributed by atoms with Crippen LogP contribution in [0.4, 0.5) is 0 Å². The van der Waals surface area contributed by atoms with E-state index in [0.717, 1.165) is 24.1 Å². The largest absolute Gasteiger partial charge is 0.330 e. The Kier molecular flexibility index (Phi) is 5.07. The van der Waals surface area contributed by atoms with Gasteiger partial charge in [0.15, 0.2) is 29.3 Å². The van der Waals surface area contributed by atoms with Crippen molar-refractivity contribution in [2.45, 2.75) is 17.5 Å². The van der Waals surface area contributed by atoms with Gasteiger partial charge in [-0.1, -0.05) is 0 Å². The molecule has 2 rings (SSSR count). The van der Waals surface area contributed by atoms with Crippen molar-refractivity contribution in [2.75, 3.05) is 6.54 Å². The van der Waals surface area contributed by atoms with E-state index in [-0.39, 0.29) is 0 Å². The van der Waals surface area contributed by atoms with Crippen molar-refractivity contribution >= 4 is 22.6 Å². The summed E-state index contributed by atoms with van der Waals surface area (Å²) in [5.74, 6) is 0. The van der Waals surface area contributed by atoms with Gasteiger partial charge in [0.1, 0.15) is 6.54 Å². The fraction of sp³-hybridized carbons (Fsp3) is 0.286. The van der Waals surface area contributed by atoms with Crippen LogP contribution in [-0.4, -0.2) is 6.54 Å². The Morgan fingerprint density at radius 3 is 1.83 bits per heavy atom. The molecule has 4 heteroatoms. The summed E-state index contributed by atoms with van der Waals surface area (Å²) in [4.78, 5) is 0. The first-order chi connectivity index (χ1) is 8.83. The molecule has 0 atom stereocenters. The monoisotopic (exact) mass is 355 g/mol.